The van der Waals surface area contributed by atoms with E-state index >= 15 is 0 Å². The molecule has 1 aliphatic rings. The lowest BCUT2D eigenvalue weighted by Gasteiger charge is -2.40. The molecule has 4 N–H and O–H groups in total. The Morgan fingerprint density at radius 3 is 2.60 bits per heavy atom. The molecule has 9 heteroatoms. The summed E-state index contributed by atoms with van der Waals surface area (Å²) < 4.78 is 0. The fraction of sp³-hybridized carbons (Fsp3) is 0.423. The first-order valence-corrected chi connectivity index (χ1v) is 12.4. The van der Waals surface area contributed by atoms with Crippen LogP contribution in [0.4, 0.5) is 10.5 Å². The minimum absolute atomic E-state index is 0.0884. The Hall–Kier alpha value is -3.10. The molecular formula is C26H34ClN5O3. The Bertz CT molecular complexity index is 998. The summed E-state index contributed by atoms with van der Waals surface area (Å²) in [7, 11) is 0. The van der Waals surface area contributed by atoms with Gasteiger partial charge in [-0.25, -0.2) is 4.79 Å². The molecule has 0 radical (unpaired) electrons. The van der Waals surface area contributed by atoms with Crippen molar-refractivity contribution in [1.82, 2.24) is 20.9 Å². The first kappa shape index (κ1) is 26.5. The van der Waals surface area contributed by atoms with Crippen LogP contribution in [0.2, 0.25) is 5.02 Å². The molecule has 35 heavy (non-hydrogen) atoms. The van der Waals surface area contributed by atoms with E-state index in [4.69, 9.17) is 11.6 Å². The molecule has 0 bridgehead atoms. The number of hydrogen-bond acceptors (Lipinski definition) is 4. The maximum Gasteiger partial charge on any atom is 0.317 e. The van der Waals surface area contributed by atoms with E-state index in [9.17, 15) is 14.4 Å². The van der Waals surface area contributed by atoms with Gasteiger partial charge >= 0.3 is 6.03 Å². The van der Waals surface area contributed by atoms with Crippen LogP contribution in [0.15, 0.2) is 48.5 Å². The minimum atomic E-state index is -0.524. The highest BCUT2D eigenvalue weighted by molar-refractivity contribution is 6.30. The first-order valence-electron chi connectivity index (χ1n) is 12.0. The second-order valence-corrected chi connectivity index (χ2v) is 9.25. The van der Waals surface area contributed by atoms with Gasteiger partial charge in [-0.3, -0.25) is 9.59 Å². The maximum atomic E-state index is 13.3. The lowest BCUT2D eigenvalue weighted by atomic mass is 9.92. The highest BCUT2D eigenvalue weighted by atomic mass is 35.5. The summed E-state index contributed by atoms with van der Waals surface area (Å²) >= 11 is 6.07. The minimum Gasteiger partial charge on any atom is -0.348 e. The molecule has 1 saturated heterocycles. The van der Waals surface area contributed by atoms with Gasteiger partial charge in [0.2, 0.25) is 12.3 Å². The summed E-state index contributed by atoms with van der Waals surface area (Å²) in [6.45, 7) is 6.08. The van der Waals surface area contributed by atoms with E-state index in [1.165, 1.54) is 0 Å². The van der Waals surface area contributed by atoms with Crippen molar-refractivity contribution >= 4 is 35.6 Å². The van der Waals surface area contributed by atoms with Crippen molar-refractivity contribution in [3.63, 3.8) is 0 Å². The van der Waals surface area contributed by atoms with Gasteiger partial charge in [-0.1, -0.05) is 68.3 Å². The molecule has 8 nitrogen and oxygen atoms in total. The first-order chi connectivity index (χ1) is 16.9. The fourth-order valence-electron chi connectivity index (χ4n) is 4.08. The third-order valence-electron chi connectivity index (χ3n) is 6.23. The zero-order valence-corrected chi connectivity index (χ0v) is 21.0. The molecule has 1 heterocycles. The second kappa shape index (κ2) is 13.1. The quantitative estimate of drug-likeness (QED) is 0.265. The Morgan fingerprint density at radius 2 is 1.91 bits per heavy atom. The van der Waals surface area contributed by atoms with E-state index in [0.717, 1.165) is 24.0 Å². The molecule has 1 fully saturated rings. The number of nitrogens with zero attached hydrogens (tertiary/aromatic N) is 1. The summed E-state index contributed by atoms with van der Waals surface area (Å²) in [5, 5.41) is 12.5. The zero-order chi connectivity index (χ0) is 25.2. The number of anilines is 1. The fourth-order valence-corrected chi connectivity index (χ4v) is 4.25. The monoisotopic (exact) mass is 499 g/mol. The third-order valence-corrected chi connectivity index (χ3v) is 6.46. The molecule has 0 aliphatic carbocycles. The predicted molar refractivity (Wildman–Crippen MR) is 138 cm³/mol. The van der Waals surface area contributed by atoms with Crippen LogP contribution in [0.1, 0.15) is 43.7 Å². The number of likely N-dealkylation sites (tertiary alicyclic amines) is 1. The van der Waals surface area contributed by atoms with Crippen LogP contribution >= 0.6 is 11.6 Å². The Labute approximate surface area is 211 Å². The number of hydrogen-bond donors (Lipinski definition) is 4. The number of nitrogens with one attached hydrogen (secondary N) is 4. The second-order valence-electron chi connectivity index (χ2n) is 8.82. The molecular weight excluding hydrogens is 466 g/mol. The largest absolute Gasteiger partial charge is 0.348 e. The lowest BCUT2D eigenvalue weighted by molar-refractivity contribution is -0.125. The number of unbranched alkanes of at least 4 members (excludes halogenated alkanes) is 1. The van der Waals surface area contributed by atoms with E-state index in [1.807, 2.05) is 43.3 Å². The standard InChI is InChI=1S/C26H34ClN5O3/c1-3-4-12-28-26(35)32-15-22(16-32)31-25(34)24(18(2)19-8-6-5-7-9-19)29-14-20-10-11-21(27)13-23(20)30-17-33/h5-11,13,17-18,22,24,29H,3-4,12,14-16H2,1-2H3,(H,28,35)(H,30,33)(H,31,34)/t18?,24-/m1/s1. The van der Waals surface area contributed by atoms with Crippen LogP contribution in [-0.2, 0) is 16.1 Å². The van der Waals surface area contributed by atoms with Gasteiger partial charge in [0.15, 0.2) is 0 Å². The van der Waals surface area contributed by atoms with Crippen LogP contribution in [-0.4, -0.2) is 55.0 Å². The number of urea groups is 1. The van der Waals surface area contributed by atoms with E-state index in [1.54, 1.807) is 17.0 Å². The summed E-state index contributed by atoms with van der Waals surface area (Å²) in [5.41, 5.74) is 2.45. The van der Waals surface area contributed by atoms with Crippen molar-refractivity contribution in [1.29, 1.82) is 0 Å². The van der Waals surface area contributed by atoms with Crippen molar-refractivity contribution in [3.8, 4) is 0 Å². The summed E-state index contributed by atoms with van der Waals surface area (Å²) in [6, 6.07) is 14.4. The average molecular weight is 500 g/mol. The highest BCUT2D eigenvalue weighted by Crippen LogP contribution is 2.23. The lowest BCUT2D eigenvalue weighted by Crippen LogP contribution is -2.64. The maximum absolute atomic E-state index is 13.3. The van der Waals surface area contributed by atoms with Gasteiger partial charge in [0.05, 0.1) is 12.1 Å². The topological polar surface area (TPSA) is 103 Å². The van der Waals surface area contributed by atoms with E-state index in [-0.39, 0.29) is 23.9 Å². The van der Waals surface area contributed by atoms with Crippen LogP contribution in [0, 0.1) is 0 Å². The molecule has 2 aromatic rings. The third kappa shape index (κ3) is 7.44. The van der Waals surface area contributed by atoms with Crippen molar-refractivity contribution in [2.45, 2.75) is 51.2 Å². The molecule has 0 spiro atoms. The average Bonchev–Trinajstić information content (AvgIpc) is 2.83. The van der Waals surface area contributed by atoms with E-state index < -0.39 is 6.04 Å². The molecule has 0 saturated carbocycles. The van der Waals surface area contributed by atoms with E-state index in [2.05, 4.69) is 28.2 Å². The molecule has 2 aromatic carbocycles. The Kier molecular flexibility index (Phi) is 9.93. The molecule has 1 aliphatic heterocycles. The van der Waals surface area contributed by atoms with Gasteiger partial charge in [0.25, 0.3) is 0 Å². The van der Waals surface area contributed by atoms with Crippen molar-refractivity contribution in [2.24, 2.45) is 0 Å². The number of rotatable bonds is 12. The molecule has 0 aromatic heterocycles. The van der Waals surface area contributed by atoms with Crippen LogP contribution in [0.3, 0.4) is 0 Å². The van der Waals surface area contributed by atoms with Gasteiger partial charge in [0, 0.05) is 42.8 Å². The van der Waals surface area contributed by atoms with Crippen LogP contribution in [0.5, 0.6) is 0 Å². The SMILES string of the molecule is CCCCNC(=O)N1CC(NC(=O)[C@H](NCc2ccc(Cl)cc2NC=O)C(C)c2ccccc2)C1. The number of amides is 4. The van der Waals surface area contributed by atoms with Crippen molar-refractivity contribution in [3.05, 3.63) is 64.7 Å². The van der Waals surface area contributed by atoms with Gasteiger partial charge in [-0.05, 0) is 29.7 Å². The molecule has 4 amide bonds. The van der Waals surface area contributed by atoms with Gasteiger partial charge < -0.3 is 26.2 Å². The Morgan fingerprint density at radius 1 is 1.17 bits per heavy atom. The zero-order valence-electron chi connectivity index (χ0n) is 20.2. The van der Waals surface area contributed by atoms with Crippen molar-refractivity contribution in [2.75, 3.05) is 25.0 Å². The Balaban J connectivity index is 1.65. The number of halogens is 1. The van der Waals surface area contributed by atoms with Crippen LogP contribution in [0.25, 0.3) is 0 Å². The van der Waals surface area contributed by atoms with Gasteiger partial charge in [0.1, 0.15) is 0 Å². The smallest absolute Gasteiger partial charge is 0.317 e. The molecule has 188 valence electrons. The summed E-state index contributed by atoms with van der Waals surface area (Å²) in [6.07, 6.45) is 2.57. The predicted octanol–water partition coefficient (Wildman–Crippen LogP) is 3.48. The number of carbonyl (C=O) groups excluding carboxylic acids is 3. The highest BCUT2D eigenvalue weighted by Gasteiger charge is 2.34. The molecule has 3 rings (SSSR count). The summed E-state index contributed by atoms with van der Waals surface area (Å²) in [5.74, 6) is -0.240. The van der Waals surface area contributed by atoms with Gasteiger partial charge in [-0.15, -0.1) is 0 Å². The van der Waals surface area contributed by atoms with Crippen molar-refractivity contribution < 1.29 is 14.4 Å². The van der Waals surface area contributed by atoms with Crippen LogP contribution < -0.4 is 21.3 Å². The summed E-state index contributed by atoms with van der Waals surface area (Å²) in [4.78, 5) is 38.2. The number of carbonyl (C=O) groups is 3. The normalized spacial score (nSPS) is 15.0. The van der Waals surface area contributed by atoms with Gasteiger partial charge in [-0.2, -0.15) is 0 Å². The molecule has 2 atom stereocenters. The molecule has 1 unspecified atom stereocenters. The number of benzene rings is 2. The van der Waals surface area contributed by atoms with E-state index in [0.29, 0.717) is 43.3 Å².